The molecule has 1 amide bonds. The van der Waals surface area contributed by atoms with Gasteiger partial charge in [-0.1, -0.05) is 30.3 Å². The van der Waals surface area contributed by atoms with E-state index in [4.69, 9.17) is 4.74 Å². The van der Waals surface area contributed by atoms with Crippen LogP contribution in [0.5, 0.6) is 11.5 Å². The zero-order valence-corrected chi connectivity index (χ0v) is 20.3. The number of hydrogen-bond acceptors (Lipinski definition) is 4. The summed E-state index contributed by atoms with van der Waals surface area (Å²) in [5.74, 6) is 1.62. The standard InChI is InChI=1S/C29H36N2O3/c1-4-16-31-17-15-29(23-8-6-10-27(19-23)34-3)20-25(13-12-24(29)21-31)30(2)28(33)14-11-22-7-5-9-26(32)18-22/h4-11,14,18-19,24-25,32H,1,12-13,15-17,20-21H2,2-3H3/t24-,25-,29+/m1/s1. The van der Waals surface area contributed by atoms with Crippen LogP contribution >= 0.6 is 0 Å². The first kappa shape index (κ1) is 24.1. The van der Waals surface area contributed by atoms with E-state index in [1.807, 2.05) is 30.2 Å². The third-order valence-electron chi connectivity index (χ3n) is 7.80. The van der Waals surface area contributed by atoms with E-state index in [1.165, 1.54) is 5.56 Å². The van der Waals surface area contributed by atoms with E-state index in [1.54, 1.807) is 37.5 Å². The maximum absolute atomic E-state index is 13.1. The van der Waals surface area contributed by atoms with E-state index in [-0.39, 0.29) is 23.1 Å². The highest BCUT2D eigenvalue weighted by molar-refractivity contribution is 5.91. The monoisotopic (exact) mass is 460 g/mol. The second-order valence-corrected chi connectivity index (χ2v) is 9.70. The van der Waals surface area contributed by atoms with Gasteiger partial charge in [0, 0.05) is 37.7 Å². The Bertz CT molecular complexity index is 1050. The van der Waals surface area contributed by atoms with E-state index in [2.05, 4.69) is 29.7 Å². The van der Waals surface area contributed by atoms with Crippen LogP contribution in [0.15, 0.2) is 67.3 Å². The van der Waals surface area contributed by atoms with Gasteiger partial charge in [0.05, 0.1) is 7.11 Å². The van der Waals surface area contributed by atoms with Crippen LogP contribution in [0.4, 0.5) is 0 Å². The minimum Gasteiger partial charge on any atom is -0.508 e. The molecule has 1 N–H and O–H groups in total. The number of methoxy groups -OCH3 is 1. The van der Waals surface area contributed by atoms with Crippen molar-refractivity contribution in [2.75, 3.05) is 33.8 Å². The number of ether oxygens (including phenoxy) is 1. The molecule has 2 aliphatic rings. The number of likely N-dealkylation sites (tertiary alicyclic amines) is 1. The van der Waals surface area contributed by atoms with Gasteiger partial charge in [-0.25, -0.2) is 0 Å². The highest BCUT2D eigenvalue weighted by atomic mass is 16.5. The molecule has 1 heterocycles. The fourth-order valence-corrected chi connectivity index (χ4v) is 5.89. The zero-order valence-electron chi connectivity index (χ0n) is 20.3. The number of piperidine rings is 1. The molecule has 34 heavy (non-hydrogen) atoms. The highest BCUT2D eigenvalue weighted by Crippen LogP contribution is 2.50. The third kappa shape index (κ3) is 5.05. The number of likely N-dealkylation sites (N-methyl/N-ethyl adjacent to an activating group) is 1. The molecule has 0 aromatic heterocycles. The minimum absolute atomic E-state index is 0.00308. The summed E-state index contributed by atoms with van der Waals surface area (Å²) in [6.45, 7) is 6.95. The first-order chi connectivity index (χ1) is 16.4. The largest absolute Gasteiger partial charge is 0.508 e. The Labute approximate surface area is 203 Å². The highest BCUT2D eigenvalue weighted by Gasteiger charge is 2.49. The number of phenols is 1. The summed E-state index contributed by atoms with van der Waals surface area (Å²) in [6, 6.07) is 15.6. The number of fused-ring (bicyclic) bond motifs is 1. The van der Waals surface area contributed by atoms with Crippen molar-refractivity contribution in [2.24, 2.45) is 5.92 Å². The van der Waals surface area contributed by atoms with Crippen LogP contribution < -0.4 is 4.74 Å². The van der Waals surface area contributed by atoms with Crippen LogP contribution in [-0.4, -0.2) is 60.6 Å². The molecule has 0 unspecified atom stereocenters. The van der Waals surface area contributed by atoms with Gasteiger partial charge >= 0.3 is 0 Å². The maximum Gasteiger partial charge on any atom is 0.246 e. The topological polar surface area (TPSA) is 53.0 Å². The van der Waals surface area contributed by atoms with Gasteiger partial charge in [-0.05, 0) is 79.6 Å². The molecule has 5 heteroatoms. The molecule has 1 saturated carbocycles. The van der Waals surface area contributed by atoms with E-state index in [0.717, 1.165) is 56.6 Å². The predicted molar refractivity (Wildman–Crippen MR) is 137 cm³/mol. The minimum atomic E-state index is -0.00308. The number of benzene rings is 2. The first-order valence-electron chi connectivity index (χ1n) is 12.2. The Hall–Kier alpha value is -3.05. The summed E-state index contributed by atoms with van der Waals surface area (Å²) in [6.07, 6.45) is 9.49. The summed E-state index contributed by atoms with van der Waals surface area (Å²) in [7, 11) is 3.64. The Morgan fingerprint density at radius 1 is 1.26 bits per heavy atom. The number of amides is 1. The third-order valence-corrected chi connectivity index (χ3v) is 7.80. The lowest BCUT2D eigenvalue weighted by atomic mass is 9.57. The summed E-state index contributed by atoms with van der Waals surface area (Å²) < 4.78 is 5.56. The van der Waals surface area contributed by atoms with Crippen LogP contribution in [0.1, 0.15) is 36.8 Å². The first-order valence-corrected chi connectivity index (χ1v) is 12.2. The number of rotatable bonds is 7. The maximum atomic E-state index is 13.1. The summed E-state index contributed by atoms with van der Waals surface area (Å²) in [4.78, 5) is 17.5. The van der Waals surface area contributed by atoms with Crippen LogP contribution in [0.2, 0.25) is 0 Å². The lowest BCUT2D eigenvalue weighted by Gasteiger charge is -2.54. The predicted octanol–water partition coefficient (Wildman–Crippen LogP) is 4.87. The van der Waals surface area contributed by atoms with Gasteiger partial charge in [-0.3, -0.25) is 9.69 Å². The van der Waals surface area contributed by atoms with Crippen molar-refractivity contribution in [2.45, 2.75) is 37.1 Å². The molecule has 1 aliphatic carbocycles. The fourth-order valence-electron chi connectivity index (χ4n) is 5.89. The van der Waals surface area contributed by atoms with Gasteiger partial charge < -0.3 is 14.7 Å². The van der Waals surface area contributed by atoms with Crippen molar-refractivity contribution in [3.63, 3.8) is 0 Å². The number of hydrogen-bond donors (Lipinski definition) is 1. The quantitative estimate of drug-likeness (QED) is 0.473. The molecule has 5 nitrogen and oxygen atoms in total. The lowest BCUT2D eigenvalue weighted by molar-refractivity contribution is -0.128. The van der Waals surface area contributed by atoms with E-state index in [0.29, 0.717) is 5.92 Å². The SMILES string of the molecule is C=CCN1CC[C@@]2(c3cccc(OC)c3)C[C@H](N(C)C(=O)C=Cc3cccc(O)c3)CC[C@@H]2C1. The Kier molecular flexibility index (Phi) is 7.42. The smallest absolute Gasteiger partial charge is 0.246 e. The summed E-state index contributed by atoms with van der Waals surface area (Å²) >= 11 is 0. The second kappa shape index (κ2) is 10.5. The van der Waals surface area contributed by atoms with Crippen LogP contribution in [0, 0.1) is 5.92 Å². The van der Waals surface area contributed by atoms with Crippen molar-refractivity contribution in [3.8, 4) is 11.5 Å². The molecule has 1 saturated heterocycles. The van der Waals surface area contributed by atoms with Gasteiger partial charge in [0.15, 0.2) is 0 Å². The number of aromatic hydroxyl groups is 1. The molecule has 0 bridgehead atoms. The van der Waals surface area contributed by atoms with E-state index in [9.17, 15) is 9.90 Å². The average molecular weight is 461 g/mol. The molecule has 1 aliphatic heterocycles. The molecule has 3 atom stereocenters. The summed E-state index contributed by atoms with van der Waals surface area (Å²) in [5, 5.41) is 9.68. The van der Waals surface area contributed by atoms with Crippen molar-refractivity contribution in [1.29, 1.82) is 0 Å². The van der Waals surface area contributed by atoms with Gasteiger partial charge in [-0.2, -0.15) is 0 Å². The molecular formula is C29H36N2O3. The van der Waals surface area contributed by atoms with Crippen LogP contribution in [0.25, 0.3) is 6.08 Å². The van der Waals surface area contributed by atoms with Gasteiger partial charge in [0.25, 0.3) is 0 Å². The van der Waals surface area contributed by atoms with Crippen molar-refractivity contribution >= 4 is 12.0 Å². The van der Waals surface area contributed by atoms with E-state index >= 15 is 0 Å². The lowest BCUT2D eigenvalue weighted by Crippen LogP contribution is -2.56. The molecule has 2 fully saturated rings. The summed E-state index contributed by atoms with van der Waals surface area (Å²) in [5.41, 5.74) is 2.17. The normalized spacial score (nSPS) is 25.0. The van der Waals surface area contributed by atoms with Gasteiger partial charge in [-0.15, -0.1) is 6.58 Å². The van der Waals surface area contributed by atoms with Crippen LogP contribution in [-0.2, 0) is 10.2 Å². The molecule has 4 rings (SSSR count). The number of carbonyl (C=O) groups excluding carboxylic acids is 1. The Morgan fingerprint density at radius 3 is 2.85 bits per heavy atom. The zero-order chi connectivity index (χ0) is 24.1. The van der Waals surface area contributed by atoms with Gasteiger partial charge in [0.2, 0.25) is 5.91 Å². The average Bonchev–Trinajstić information content (AvgIpc) is 2.86. The molecular weight excluding hydrogens is 424 g/mol. The fraction of sp³-hybridized carbons (Fsp3) is 0.414. The van der Waals surface area contributed by atoms with Gasteiger partial charge in [0.1, 0.15) is 11.5 Å². The van der Waals surface area contributed by atoms with Crippen molar-refractivity contribution in [3.05, 3.63) is 78.4 Å². The Balaban J connectivity index is 1.56. The van der Waals surface area contributed by atoms with Crippen LogP contribution in [0.3, 0.4) is 0 Å². The molecule has 180 valence electrons. The Morgan fingerprint density at radius 2 is 2.09 bits per heavy atom. The second-order valence-electron chi connectivity index (χ2n) is 9.70. The molecule has 0 spiro atoms. The number of carbonyl (C=O) groups is 1. The molecule has 2 aromatic rings. The van der Waals surface area contributed by atoms with Crippen molar-refractivity contribution in [1.82, 2.24) is 9.80 Å². The van der Waals surface area contributed by atoms with Crippen molar-refractivity contribution < 1.29 is 14.6 Å². The number of phenolic OH excluding ortho intramolecular Hbond substituents is 1. The molecule has 2 aromatic carbocycles. The van der Waals surface area contributed by atoms with E-state index < -0.39 is 0 Å². The molecule has 0 radical (unpaired) electrons. The number of nitrogens with zero attached hydrogens (tertiary/aromatic N) is 2.